The van der Waals surface area contributed by atoms with Crippen molar-refractivity contribution < 1.29 is 22.7 Å². The molecule has 0 saturated heterocycles. The standard InChI is InChI=1S/C18H18N2O5S/c1-25-12-4-11-19-26(23,24)14-9-7-13(8-10-14)20-17(21)15-5-2-3-6-16(15)18(20)22/h2-3,5-10,19H,4,11-12H2,1H3. The van der Waals surface area contributed by atoms with Crippen LogP contribution in [0.3, 0.4) is 0 Å². The number of benzene rings is 2. The van der Waals surface area contributed by atoms with Crippen LogP contribution in [0.4, 0.5) is 5.69 Å². The van der Waals surface area contributed by atoms with Crippen molar-refractivity contribution in [3.05, 3.63) is 59.7 Å². The van der Waals surface area contributed by atoms with Gasteiger partial charge in [-0.25, -0.2) is 18.0 Å². The fourth-order valence-corrected chi connectivity index (χ4v) is 3.78. The highest BCUT2D eigenvalue weighted by Crippen LogP contribution is 2.28. The second-order valence-corrected chi connectivity index (χ2v) is 7.50. The van der Waals surface area contributed by atoms with Gasteiger partial charge >= 0.3 is 0 Å². The minimum absolute atomic E-state index is 0.0651. The van der Waals surface area contributed by atoms with Gasteiger partial charge in [0, 0.05) is 20.3 Å². The van der Waals surface area contributed by atoms with Crippen LogP contribution >= 0.6 is 0 Å². The molecule has 2 aromatic carbocycles. The quantitative estimate of drug-likeness (QED) is 0.589. The van der Waals surface area contributed by atoms with Gasteiger partial charge in [0.2, 0.25) is 10.0 Å². The smallest absolute Gasteiger partial charge is 0.266 e. The lowest BCUT2D eigenvalue weighted by molar-refractivity contribution is 0.0926. The molecule has 2 amide bonds. The zero-order chi connectivity index (χ0) is 18.7. The third kappa shape index (κ3) is 3.39. The van der Waals surface area contributed by atoms with Crippen LogP contribution in [0.15, 0.2) is 53.4 Å². The second-order valence-electron chi connectivity index (χ2n) is 5.73. The van der Waals surface area contributed by atoms with Crippen molar-refractivity contribution in [1.82, 2.24) is 4.72 Å². The zero-order valence-corrected chi connectivity index (χ0v) is 15.0. The summed E-state index contributed by atoms with van der Waals surface area (Å²) < 4.78 is 31.8. The first-order chi connectivity index (χ1) is 12.5. The Morgan fingerprint density at radius 2 is 1.54 bits per heavy atom. The monoisotopic (exact) mass is 374 g/mol. The molecule has 26 heavy (non-hydrogen) atoms. The van der Waals surface area contributed by atoms with E-state index in [1.54, 1.807) is 31.4 Å². The Hall–Kier alpha value is -2.55. The van der Waals surface area contributed by atoms with Gasteiger partial charge in [0.25, 0.3) is 11.8 Å². The van der Waals surface area contributed by atoms with Crippen molar-refractivity contribution in [2.24, 2.45) is 0 Å². The summed E-state index contributed by atoms with van der Waals surface area (Å²) in [7, 11) is -2.11. The van der Waals surface area contributed by atoms with Gasteiger partial charge in [-0.3, -0.25) is 9.59 Å². The van der Waals surface area contributed by atoms with Crippen LogP contribution in [-0.2, 0) is 14.8 Å². The molecule has 7 nitrogen and oxygen atoms in total. The number of fused-ring (bicyclic) bond motifs is 1. The molecule has 0 aliphatic carbocycles. The number of imide groups is 1. The molecule has 136 valence electrons. The van der Waals surface area contributed by atoms with Crippen LogP contribution in [0.25, 0.3) is 0 Å². The lowest BCUT2D eigenvalue weighted by atomic mass is 10.1. The Morgan fingerprint density at radius 3 is 2.08 bits per heavy atom. The topological polar surface area (TPSA) is 92.8 Å². The summed E-state index contributed by atoms with van der Waals surface area (Å²) in [6, 6.07) is 12.2. The van der Waals surface area contributed by atoms with Crippen LogP contribution in [0, 0.1) is 0 Å². The summed E-state index contributed by atoms with van der Waals surface area (Å²) in [6.45, 7) is 0.720. The number of sulfonamides is 1. The van der Waals surface area contributed by atoms with E-state index in [1.807, 2.05) is 0 Å². The van der Waals surface area contributed by atoms with Gasteiger partial charge in [-0.05, 0) is 42.8 Å². The lowest BCUT2D eigenvalue weighted by Crippen LogP contribution is -2.29. The van der Waals surface area contributed by atoms with Gasteiger partial charge < -0.3 is 4.74 Å². The Balaban J connectivity index is 1.79. The van der Waals surface area contributed by atoms with Crippen LogP contribution in [0.5, 0.6) is 0 Å². The van der Waals surface area contributed by atoms with E-state index in [9.17, 15) is 18.0 Å². The molecule has 3 rings (SSSR count). The molecule has 1 N–H and O–H groups in total. The van der Waals surface area contributed by atoms with Crippen LogP contribution in [0.2, 0.25) is 0 Å². The number of rotatable bonds is 7. The predicted octanol–water partition coefficient (Wildman–Crippen LogP) is 1.80. The molecule has 1 heterocycles. The SMILES string of the molecule is COCCCNS(=O)(=O)c1ccc(N2C(=O)c3ccccc3C2=O)cc1. The van der Waals surface area contributed by atoms with Gasteiger partial charge in [-0.2, -0.15) is 0 Å². The molecule has 0 saturated carbocycles. The number of hydrogen-bond acceptors (Lipinski definition) is 5. The molecule has 0 radical (unpaired) electrons. The van der Waals surface area contributed by atoms with E-state index < -0.39 is 21.8 Å². The first kappa shape index (κ1) is 18.2. The molecule has 0 atom stereocenters. The first-order valence-electron chi connectivity index (χ1n) is 8.02. The molecule has 0 fully saturated rings. The number of nitrogens with one attached hydrogen (secondary N) is 1. The number of ether oxygens (including phenoxy) is 1. The summed E-state index contributed by atoms with van der Waals surface area (Å²) in [5, 5.41) is 0. The van der Waals surface area contributed by atoms with Crippen molar-refractivity contribution in [2.45, 2.75) is 11.3 Å². The average Bonchev–Trinajstić information content (AvgIpc) is 2.90. The molecule has 0 bridgehead atoms. The summed E-state index contributed by atoms with van der Waals surface area (Å²) in [5.74, 6) is -0.835. The zero-order valence-electron chi connectivity index (χ0n) is 14.1. The fourth-order valence-electron chi connectivity index (χ4n) is 2.70. The van der Waals surface area contributed by atoms with Gasteiger partial charge in [-0.15, -0.1) is 0 Å². The van der Waals surface area contributed by atoms with Crippen molar-refractivity contribution in [1.29, 1.82) is 0 Å². The van der Waals surface area contributed by atoms with Gasteiger partial charge in [0.05, 0.1) is 21.7 Å². The molecule has 0 aromatic heterocycles. The van der Waals surface area contributed by atoms with Crippen LogP contribution < -0.4 is 9.62 Å². The Bertz CT molecular complexity index is 903. The summed E-state index contributed by atoms with van der Waals surface area (Å²) in [6.07, 6.45) is 0.558. The maximum atomic E-state index is 12.5. The van der Waals surface area contributed by atoms with Crippen LogP contribution in [0.1, 0.15) is 27.1 Å². The van der Waals surface area contributed by atoms with E-state index in [1.165, 1.54) is 24.3 Å². The van der Waals surface area contributed by atoms with Gasteiger partial charge in [0.1, 0.15) is 0 Å². The highest BCUT2D eigenvalue weighted by molar-refractivity contribution is 7.89. The summed E-state index contributed by atoms with van der Waals surface area (Å²) in [5.41, 5.74) is 1.01. The predicted molar refractivity (Wildman–Crippen MR) is 95.7 cm³/mol. The maximum absolute atomic E-state index is 12.5. The third-order valence-corrected chi connectivity index (χ3v) is 5.49. The van der Waals surface area contributed by atoms with Crippen molar-refractivity contribution in [3.63, 3.8) is 0 Å². The van der Waals surface area contributed by atoms with E-state index in [4.69, 9.17) is 4.74 Å². The number of nitrogens with zero attached hydrogens (tertiary/aromatic N) is 1. The van der Waals surface area contributed by atoms with Crippen molar-refractivity contribution in [3.8, 4) is 0 Å². The van der Waals surface area contributed by atoms with E-state index in [0.29, 0.717) is 29.8 Å². The summed E-state index contributed by atoms with van der Waals surface area (Å²) in [4.78, 5) is 26.0. The summed E-state index contributed by atoms with van der Waals surface area (Å²) >= 11 is 0. The number of amides is 2. The molecule has 1 aliphatic heterocycles. The number of methoxy groups -OCH3 is 1. The number of anilines is 1. The van der Waals surface area contributed by atoms with Crippen molar-refractivity contribution in [2.75, 3.05) is 25.2 Å². The van der Waals surface area contributed by atoms with E-state index in [-0.39, 0.29) is 11.4 Å². The van der Waals surface area contributed by atoms with E-state index in [0.717, 1.165) is 4.90 Å². The molecular formula is C18H18N2O5S. The molecular weight excluding hydrogens is 356 g/mol. The Labute approximate surface area is 151 Å². The molecule has 8 heteroatoms. The third-order valence-electron chi connectivity index (χ3n) is 4.02. The molecule has 2 aromatic rings. The second kappa shape index (κ2) is 7.36. The van der Waals surface area contributed by atoms with Crippen LogP contribution in [-0.4, -0.2) is 40.5 Å². The fraction of sp³-hybridized carbons (Fsp3) is 0.222. The molecule has 1 aliphatic rings. The van der Waals surface area contributed by atoms with E-state index >= 15 is 0 Å². The Morgan fingerprint density at radius 1 is 0.962 bits per heavy atom. The largest absolute Gasteiger partial charge is 0.385 e. The number of carbonyl (C=O) groups is 2. The van der Waals surface area contributed by atoms with E-state index in [2.05, 4.69) is 4.72 Å². The number of carbonyl (C=O) groups excluding carboxylic acids is 2. The lowest BCUT2D eigenvalue weighted by Gasteiger charge is -2.14. The van der Waals surface area contributed by atoms with Gasteiger partial charge in [-0.1, -0.05) is 12.1 Å². The van der Waals surface area contributed by atoms with Crippen molar-refractivity contribution >= 4 is 27.5 Å². The number of hydrogen-bond donors (Lipinski definition) is 1. The highest BCUT2D eigenvalue weighted by Gasteiger charge is 2.36. The molecule has 0 unspecified atom stereocenters. The average molecular weight is 374 g/mol. The minimum atomic E-state index is -3.66. The Kier molecular flexibility index (Phi) is 5.17. The normalized spacial score (nSPS) is 14.0. The minimum Gasteiger partial charge on any atom is -0.385 e. The van der Waals surface area contributed by atoms with Gasteiger partial charge in [0.15, 0.2) is 0 Å². The highest BCUT2D eigenvalue weighted by atomic mass is 32.2. The maximum Gasteiger partial charge on any atom is 0.266 e. The first-order valence-corrected chi connectivity index (χ1v) is 9.50. The molecule has 0 spiro atoms.